The van der Waals surface area contributed by atoms with Crippen LogP contribution in [0.3, 0.4) is 0 Å². The number of methoxy groups -OCH3 is 2. The van der Waals surface area contributed by atoms with Gasteiger partial charge in [-0.2, -0.15) is 0 Å². The van der Waals surface area contributed by atoms with Crippen LogP contribution in [0.1, 0.15) is 12.0 Å². The Bertz CT molecular complexity index is 996. The van der Waals surface area contributed by atoms with Gasteiger partial charge in [0.25, 0.3) is 11.4 Å². The normalized spacial score (nSPS) is 21.1. The summed E-state index contributed by atoms with van der Waals surface area (Å²) in [6.07, 6.45) is 0.911. The third-order valence-electron chi connectivity index (χ3n) is 5.24. The van der Waals surface area contributed by atoms with E-state index in [1.165, 1.54) is 12.1 Å². The third kappa shape index (κ3) is 3.30. The lowest BCUT2D eigenvalue weighted by Gasteiger charge is -2.24. The van der Waals surface area contributed by atoms with Crippen LogP contribution in [0.4, 0.5) is 11.4 Å². The fraction of sp³-hybridized carbons (Fsp3) is 0.350. The number of nitro benzene ring substituents is 1. The van der Waals surface area contributed by atoms with E-state index in [4.69, 9.17) is 9.47 Å². The average Bonchev–Trinajstić information content (AvgIpc) is 3.07. The van der Waals surface area contributed by atoms with Crippen LogP contribution in [0.5, 0.6) is 11.5 Å². The van der Waals surface area contributed by atoms with Crippen molar-refractivity contribution in [1.82, 2.24) is 0 Å². The maximum absolute atomic E-state index is 11.7. The zero-order chi connectivity index (χ0) is 20.6. The summed E-state index contributed by atoms with van der Waals surface area (Å²) in [6, 6.07) is 11.7. The minimum absolute atomic E-state index is 0.0421. The van der Waals surface area contributed by atoms with Gasteiger partial charge in [-0.1, -0.05) is 12.1 Å². The highest BCUT2D eigenvalue weighted by Gasteiger charge is 2.54. The van der Waals surface area contributed by atoms with E-state index < -0.39 is 10.6 Å². The quantitative estimate of drug-likeness (QED) is 0.455. The van der Waals surface area contributed by atoms with Gasteiger partial charge < -0.3 is 14.6 Å². The molecule has 2 aliphatic rings. The molecule has 0 aliphatic carbocycles. The highest BCUT2D eigenvalue weighted by molar-refractivity contribution is 8.13. The Balaban J connectivity index is 1.84. The van der Waals surface area contributed by atoms with Crippen molar-refractivity contribution in [2.24, 2.45) is 0 Å². The van der Waals surface area contributed by atoms with E-state index in [9.17, 15) is 15.2 Å². The predicted molar refractivity (Wildman–Crippen MR) is 111 cm³/mol. The fourth-order valence-electron chi connectivity index (χ4n) is 3.81. The SMILES string of the molecule is COc1ccc(OC)c(N2CC(O)(c3cccc([N+](=O)[O-])c3)[N+]3=C2SCCC3)c1. The van der Waals surface area contributed by atoms with E-state index in [2.05, 4.69) is 0 Å². The van der Waals surface area contributed by atoms with Crippen LogP contribution < -0.4 is 14.4 Å². The topological polar surface area (TPSA) is 88.1 Å². The number of nitrogens with zero attached hydrogens (tertiary/aromatic N) is 3. The van der Waals surface area contributed by atoms with Gasteiger partial charge in [0.05, 0.1) is 25.7 Å². The van der Waals surface area contributed by atoms with Crippen molar-refractivity contribution in [2.75, 3.05) is 38.0 Å². The number of benzene rings is 2. The first-order valence-electron chi connectivity index (χ1n) is 9.22. The standard InChI is InChI=1S/C20H22N3O5S/c1-27-16-7-8-18(28-2)17(12-16)21-13-20(24,22-9-4-10-29-19(21)22)14-5-3-6-15(11-14)23(25)26/h3,5-8,11-12,24H,4,9-10,13H2,1-2H3/q+1. The van der Waals surface area contributed by atoms with E-state index in [0.29, 0.717) is 23.6 Å². The molecule has 152 valence electrons. The lowest BCUT2D eigenvalue weighted by Crippen LogP contribution is -2.41. The summed E-state index contributed by atoms with van der Waals surface area (Å²) in [7, 11) is 3.20. The van der Waals surface area contributed by atoms with E-state index in [0.717, 1.165) is 23.0 Å². The number of aliphatic hydroxyl groups is 1. The Morgan fingerprint density at radius 1 is 1.24 bits per heavy atom. The molecule has 1 atom stereocenters. The second kappa shape index (κ2) is 7.57. The molecule has 0 spiro atoms. The van der Waals surface area contributed by atoms with Gasteiger partial charge in [-0.25, -0.2) is 9.48 Å². The van der Waals surface area contributed by atoms with Crippen molar-refractivity contribution in [3.05, 3.63) is 58.1 Å². The zero-order valence-electron chi connectivity index (χ0n) is 16.2. The second-order valence-corrected chi connectivity index (χ2v) is 7.95. The molecule has 0 bridgehead atoms. The summed E-state index contributed by atoms with van der Waals surface area (Å²) in [5, 5.41) is 23.9. The first-order chi connectivity index (χ1) is 14.0. The number of non-ortho nitro benzene ring substituents is 1. The van der Waals surface area contributed by atoms with Crippen LogP contribution in [-0.2, 0) is 5.72 Å². The molecule has 2 heterocycles. The smallest absolute Gasteiger partial charge is 0.316 e. The van der Waals surface area contributed by atoms with E-state index in [1.807, 2.05) is 27.7 Å². The number of β-amino-alcohol motifs (C(OH)–C–C–N with tert-alkyl or cyclic N) is 1. The van der Waals surface area contributed by atoms with Crippen molar-refractivity contribution in [3.63, 3.8) is 0 Å². The number of nitro groups is 1. The molecule has 0 saturated heterocycles. The molecule has 9 heteroatoms. The number of rotatable bonds is 5. The van der Waals surface area contributed by atoms with E-state index in [1.54, 1.807) is 38.1 Å². The van der Waals surface area contributed by atoms with Crippen LogP contribution in [0.2, 0.25) is 0 Å². The maximum atomic E-state index is 11.7. The maximum Gasteiger partial charge on any atom is 0.316 e. The molecule has 4 rings (SSSR count). The molecular formula is C20H22N3O5S+. The Morgan fingerprint density at radius 3 is 2.79 bits per heavy atom. The Hall–Kier alpha value is -2.78. The van der Waals surface area contributed by atoms with Gasteiger partial charge in [0.2, 0.25) is 0 Å². The van der Waals surface area contributed by atoms with Gasteiger partial charge in [0.15, 0.2) is 18.0 Å². The third-order valence-corrected chi connectivity index (χ3v) is 6.43. The summed E-state index contributed by atoms with van der Waals surface area (Å²) < 4.78 is 12.9. The molecule has 0 amide bonds. The first-order valence-corrected chi connectivity index (χ1v) is 10.2. The largest absolute Gasteiger partial charge is 0.497 e. The Kier molecular flexibility index (Phi) is 5.10. The number of anilines is 1. The number of ether oxygens (including phenoxy) is 2. The Morgan fingerprint density at radius 2 is 2.07 bits per heavy atom. The fourth-order valence-corrected chi connectivity index (χ4v) is 4.98. The van der Waals surface area contributed by atoms with Gasteiger partial charge >= 0.3 is 5.17 Å². The van der Waals surface area contributed by atoms with Gasteiger partial charge in [0, 0.05) is 29.5 Å². The van der Waals surface area contributed by atoms with Gasteiger partial charge in [-0.3, -0.25) is 10.1 Å². The molecule has 8 nitrogen and oxygen atoms in total. The van der Waals surface area contributed by atoms with E-state index in [-0.39, 0.29) is 12.2 Å². The summed E-state index contributed by atoms with van der Waals surface area (Å²) >= 11 is 1.66. The summed E-state index contributed by atoms with van der Waals surface area (Å²) in [5.74, 6) is 2.27. The zero-order valence-corrected chi connectivity index (χ0v) is 17.0. The molecule has 0 radical (unpaired) electrons. The monoisotopic (exact) mass is 416 g/mol. The Labute approximate surface area is 172 Å². The van der Waals surface area contributed by atoms with Gasteiger partial charge in [-0.05, 0) is 30.3 Å². The highest BCUT2D eigenvalue weighted by atomic mass is 32.2. The van der Waals surface area contributed by atoms with Crippen molar-refractivity contribution >= 4 is 28.3 Å². The number of hydrogen-bond donors (Lipinski definition) is 1. The van der Waals surface area contributed by atoms with Crippen LogP contribution in [0.15, 0.2) is 42.5 Å². The van der Waals surface area contributed by atoms with Crippen molar-refractivity contribution in [1.29, 1.82) is 0 Å². The molecule has 0 saturated carbocycles. The van der Waals surface area contributed by atoms with Crippen LogP contribution in [0, 0.1) is 10.1 Å². The van der Waals surface area contributed by atoms with Crippen molar-refractivity contribution in [3.8, 4) is 11.5 Å². The van der Waals surface area contributed by atoms with Gasteiger partial charge in [-0.15, -0.1) is 0 Å². The average molecular weight is 416 g/mol. The number of thioether (sulfide) groups is 1. The molecule has 2 aromatic carbocycles. The lowest BCUT2D eigenvalue weighted by molar-refractivity contribution is -0.656. The van der Waals surface area contributed by atoms with Gasteiger partial charge in [0.1, 0.15) is 5.75 Å². The van der Waals surface area contributed by atoms with Crippen LogP contribution in [-0.4, -0.2) is 52.8 Å². The van der Waals surface area contributed by atoms with Crippen LogP contribution in [0.25, 0.3) is 0 Å². The molecular weight excluding hydrogens is 394 g/mol. The van der Waals surface area contributed by atoms with Crippen LogP contribution >= 0.6 is 11.8 Å². The molecule has 0 fully saturated rings. The van der Waals surface area contributed by atoms with E-state index >= 15 is 0 Å². The second-order valence-electron chi connectivity index (χ2n) is 6.88. The molecule has 0 aromatic heterocycles. The van der Waals surface area contributed by atoms with Crippen molar-refractivity contribution in [2.45, 2.75) is 12.1 Å². The lowest BCUT2D eigenvalue weighted by atomic mass is 10.0. The summed E-state index contributed by atoms with van der Waals surface area (Å²) in [6.45, 7) is 0.879. The highest BCUT2D eigenvalue weighted by Crippen LogP contribution is 2.42. The number of amidine groups is 1. The minimum atomic E-state index is -1.39. The van der Waals surface area contributed by atoms with Crippen molar-refractivity contribution < 1.29 is 24.1 Å². The molecule has 1 unspecified atom stereocenters. The molecule has 29 heavy (non-hydrogen) atoms. The molecule has 2 aromatic rings. The summed E-state index contributed by atoms with van der Waals surface area (Å²) in [5.41, 5.74) is -0.152. The predicted octanol–water partition coefficient (Wildman–Crippen LogP) is 2.78. The molecule has 2 aliphatic heterocycles. The minimum Gasteiger partial charge on any atom is -0.497 e. The molecule has 1 N–H and O–H groups in total. The number of hydrogen-bond acceptors (Lipinski definition) is 7. The summed E-state index contributed by atoms with van der Waals surface area (Å²) in [4.78, 5) is 12.8. The first kappa shape index (κ1) is 19.5.